The zero-order valence-corrected chi connectivity index (χ0v) is 10.4. The monoisotopic (exact) mass is 266 g/mol. The second kappa shape index (κ2) is 4.73. The number of sulfonamides is 1. The number of halogens is 1. The second-order valence-electron chi connectivity index (χ2n) is 3.74. The molecule has 4 nitrogen and oxygen atoms in total. The Kier molecular flexibility index (Phi) is 3.29. The first-order valence-electron chi connectivity index (χ1n) is 5.19. The molecule has 0 aliphatic rings. The van der Waals surface area contributed by atoms with Crippen molar-refractivity contribution in [1.82, 2.24) is 4.98 Å². The number of hydrogen-bond acceptors (Lipinski definition) is 3. The van der Waals surface area contributed by atoms with Crippen LogP contribution < -0.4 is 4.72 Å². The number of aryl methyl sites for hydroxylation is 1. The van der Waals surface area contributed by atoms with Gasteiger partial charge in [0.25, 0.3) is 10.0 Å². The van der Waals surface area contributed by atoms with Crippen molar-refractivity contribution < 1.29 is 12.8 Å². The lowest BCUT2D eigenvalue weighted by molar-refractivity contribution is 0.583. The highest BCUT2D eigenvalue weighted by Crippen LogP contribution is 2.18. The summed E-state index contributed by atoms with van der Waals surface area (Å²) in [6, 6.07) is 9.03. The molecule has 0 fully saturated rings. The SMILES string of the molecule is Cc1ccccc1S(=O)(=O)Nc1ccc(F)nc1. The largest absolute Gasteiger partial charge is 0.278 e. The van der Waals surface area contributed by atoms with Crippen molar-refractivity contribution >= 4 is 15.7 Å². The molecule has 0 bridgehead atoms. The maximum Gasteiger partial charge on any atom is 0.262 e. The number of rotatable bonds is 3. The van der Waals surface area contributed by atoms with E-state index >= 15 is 0 Å². The van der Waals surface area contributed by atoms with Gasteiger partial charge in [-0.25, -0.2) is 13.4 Å². The van der Waals surface area contributed by atoms with Gasteiger partial charge < -0.3 is 0 Å². The standard InChI is InChI=1S/C12H11FN2O2S/c1-9-4-2-3-5-11(9)18(16,17)15-10-6-7-12(13)14-8-10/h2-8,15H,1H3. The molecule has 94 valence electrons. The Labute approximate surface area is 105 Å². The molecule has 1 aromatic carbocycles. The molecule has 0 atom stereocenters. The van der Waals surface area contributed by atoms with Gasteiger partial charge in [0.2, 0.25) is 5.95 Å². The van der Waals surface area contributed by atoms with Crippen LogP contribution in [0.3, 0.4) is 0 Å². The lowest BCUT2D eigenvalue weighted by Gasteiger charge is -2.09. The number of nitrogens with one attached hydrogen (secondary N) is 1. The van der Waals surface area contributed by atoms with Crippen LogP contribution in [0.25, 0.3) is 0 Å². The zero-order valence-electron chi connectivity index (χ0n) is 9.59. The van der Waals surface area contributed by atoms with Crippen LogP contribution in [-0.4, -0.2) is 13.4 Å². The average Bonchev–Trinajstić information content (AvgIpc) is 2.32. The molecule has 1 aromatic heterocycles. The Balaban J connectivity index is 2.33. The van der Waals surface area contributed by atoms with Gasteiger partial charge in [0.1, 0.15) is 0 Å². The smallest absolute Gasteiger partial charge is 0.262 e. The van der Waals surface area contributed by atoms with Crippen molar-refractivity contribution in [3.8, 4) is 0 Å². The number of benzene rings is 1. The maximum atomic E-state index is 12.6. The summed E-state index contributed by atoms with van der Waals surface area (Å²) >= 11 is 0. The average molecular weight is 266 g/mol. The summed E-state index contributed by atoms with van der Waals surface area (Å²) in [5.41, 5.74) is 0.861. The molecule has 2 aromatic rings. The fourth-order valence-corrected chi connectivity index (χ4v) is 2.79. The fourth-order valence-electron chi connectivity index (χ4n) is 1.50. The first kappa shape index (κ1) is 12.5. The van der Waals surface area contributed by atoms with Crippen LogP contribution in [0, 0.1) is 12.9 Å². The summed E-state index contributed by atoms with van der Waals surface area (Å²) < 4.78 is 39.1. The highest BCUT2D eigenvalue weighted by atomic mass is 32.2. The van der Waals surface area contributed by atoms with E-state index in [9.17, 15) is 12.8 Å². The number of anilines is 1. The van der Waals surface area contributed by atoms with Crippen molar-refractivity contribution in [2.45, 2.75) is 11.8 Å². The summed E-state index contributed by atoms with van der Waals surface area (Å²) in [5.74, 6) is -0.658. The van der Waals surface area contributed by atoms with Crippen LogP contribution in [0.4, 0.5) is 10.1 Å². The molecule has 2 rings (SSSR count). The highest BCUT2D eigenvalue weighted by molar-refractivity contribution is 7.92. The van der Waals surface area contributed by atoms with E-state index in [0.29, 0.717) is 5.56 Å². The molecule has 18 heavy (non-hydrogen) atoms. The molecule has 1 N–H and O–H groups in total. The Morgan fingerprint density at radius 1 is 1.17 bits per heavy atom. The van der Waals surface area contributed by atoms with Gasteiger partial charge in [-0.15, -0.1) is 0 Å². The van der Waals surface area contributed by atoms with Crippen LogP contribution in [0.1, 0.15) is 5.56 Å². The van der Waals surface area contributed by atoms with Gasteiger partial charge in [-0.05, 0) is 30.7 Å². The van der Waals surface area contributed by atoms with E-state index in [4.69, 9.17) is 0 Å². The third-order valence-corrected chi connectivity index (χ3v) is 3.90. The molecule has 0 aliphatic carbocycles. The molecule has 0 unspecified atom stereocenters. The fraction of sp³-hybridized carbons (Fsp3) is 0.0833. The molecular weight excluding hydrogens is 255 g/mol. The third kappa shape index (κ3) is 2.65. The molecule has 0 amide bonds. The highest BCUT2D eigenvalue weighted by Gasteiger charge is 2.16. The number of hydrogen-bond donors (Lipinski definition) is 1. The predicted molar refractivity (Wildman–Crippen MR) is 66.2 cm³/mol. The minimum absolute atomic E-state index is 0.189. The summed E-state index contributed by atoms with van der Waals surface area (Å²) in [6.45, 7) is 1.71. The molecule has 6 heteroatoms. The van der Waals surface area contributed by atoms with Crippen LogP contribution in [0.15, 0.2) is 47.5 Å². The Morgan fingerprint density at radius 2 is 1.89 bits per heavy atom. The lowest BCUT2D eigenvalue weighted by Crippen LogP contribution is -2.14. The molecule has 0 saturated heterocycles. The summed E-state index contributed by atoms with van der Waals surface area (Å²) in [7, 11) is -3.67. The van der Waals surface area contributed by atoms with Gasteiger partial charge in [-0.2, -0.15) is 4.39 Å². The van der Waals surface area contributed by atoms with Crippen LogP contribution in [0.5, 0.6) is 0 Å². The number of pyridine rings is 1. The van der Waals surface area contributed by atoms with Crippen molar-refractivity contribution in [3.63, 3.8) is 0 Å². The van der Waals surface area contributed by atoms with Gasteiger partial charge in [-0.3, -0.25) is 4.72 Å². The summed E-state index contributed by atoms with van der Waals surface area (Å²) in [4.78, 5) is 3.57. The van der Waals surface area contributed by atoms with E-state index in [2.05, 4.69) is 9.71 Å². The van der Waals surface area contributed by atoms with E-state index in [0.717, 1.165) is 12.3 Å². The van der Waals surface area contributed by atoms with Gasteiger partial charge in [-0.1, -0.05) is 18.2 Å². The second-order valence-corrected chi connectivity index (χ2v) is 5.39. The Hall–Kier alpha value is -1.95. The Bertz CT molecular complexity index is 654. The third-order valence-electron chi connectivity index (χ3n) is 2.36. The molecule has 0 spiro atoms. The summed E-state index contributed by atoms with van der Waals surface area (Å²) in [6.07, 6.45) is 1.13. The quantitative estimate of drug-likeness (QED) is 0.867. The lowest BCUT2D eigenvalue weighted by atomic mass is 10.2. The number of nitrogens with zero attached hydrogens (tertiary/aromatic N) is 1. The van der Waals surface area contributed by atoms with Crippen LogP contribution >= 0.6 is 0 Å². The first-order valence-corrected chi connectivity index (χ1v) is 6.67. The molecule has 1 heterocycles. The topological polar surface area (TPSA) is 59.1 Å². The van der Waals surface area contributed by atoms with E-state index in [1.165, 1.54) is 12.1 Å². The van der Waals surface area contributed by atoms with Crippen LogP contribution in [0.2, 0.25) is 0 Å². The first-order chi connectivity index (χ1) is 8.49. The van der Waals surface area contributed by atoms with Gasteiger partial charge in [0.15, 0.2) is 0 Å². The normalized spacial score (nSPS) is 11.2. The van der Waals surface area contributed by atoms with Gasteiger partial charge in [0, 0.05) is 0 Å². The predicted octanol–water partition coefficient (Wildman–Crippen LogP) is 2.33. The summed E-state index contributed by atoms with van der Waals surface area (Å²) in [5, 5.41) is 0. The van der Waals surface area contributed by atoms with Gasteiger partial charge >= 0.3 is 0 Å². The minimum Gasteiger partial charge on any atom is -0.278 e. The van der Waals surface area contributed by atoms with Crippen molar-refractivity contribution in [2.24, 2.45) is 0 Å². The molecular formula is C12H11FN2O2S. The van der Waals surface area contributed by atoms with Crippen molar-refractivity contribution in [2.75, 3.05) is 4.72 Å². The number of aromatic nitrogens is 1. The molecule has 0 aliphatic heterocycles. The Morgan fingerprint density at radius 3 is 2.50 bits per heavy atom. The molecule has 0 radical (unpaired) electrons. The van der Waals surface area contributed by atoms with Crippen LogP contribution in [-0.2, 0) is 10.0 Å². The van der Waals surface area contributed by atoms with E-state index in [-0.39, 0.29) is 10.6 Å². The maximum absolute atomic E-state index is 12.6. The molecule has 0 saturated carbocycles. The van der Waals surface area contributed by atoms with Crippen molar-refractivity contribution in [1.29, 1.82) is 0 Å². The van der Waals surface area contributed by atoms with E-state index in [1.807, 2.05) is 0 Å². The van der Waals surface area contributed by atoms with Crippen molar-refractivity contribution in [3.05, 3.63) is 54.1 Å². The van der Waals surface area contributed by atoms with E-state index in [1.54, 1.807) is 25.1 Å². The minimum atomic E-state index is -3.67. The van der Waals surface area contributed by atoms with Gasteiger partial charge in [0.05, 0.1) is 16.8 Å². The zero-order chi connectivity index (χ0) is 13.2. The van der Waals surface area contributed by atoms with E-state index < -0.39 is 16.0 Å².